The van der Waals surface area contributed by atoms with Crippen LogP contribution in [0.4, 0.5) is 0 Å². The molecule has 0 aliphatic carbocycles. The molecule has 2 aromatic heterocycles. The van der Waals surface area contributed by atoms with Gasteiger partial charge in [-0.1, -0.05) is 0 Å². The predicted octanol–water partition coefficient (Wildman–Crippen LogP) is 2.06. The van der Waals surface area contributed by atoms with E-state index in [1.807, 2.05) is 0 Å². The molecule has 7 heteroatoms. The fourth-order valence-electron chi connectivity index (χ4n) is 1.91. The van der Waals surface area contributed by atoms with E-state index >= 15 is 0 Å². The minimum Gasteiger partial charge on any atom is -0.492 e. The van der Waals surface area contributed by atoms with Gasteiger partial charge in [-0.05, 0) is 27.7 Å². The highest BCUT2D eigenvalue weighted by Crippen LogP contribution is 2.32. The molecule has 0 spiro atoms. The first-order valence-corrected chi connectivity index (χ1v) is 8.63. The van der Waals surface area contributed by atoms with Gasteiger partial charge in [0.1, 0.15) is 16.3 Å². The molecule has 22 heavy (non-hydrogen) atoms. The summed E-state index contributed by atoms with van der Waals surface area (Å²) in [4.78, 5) is 4.28. The molecule has 0 fully saturated rings. The summed E-state index contributed by atoms with van der Waals surface area (Å²) in [5.41, 5.74) is 0.611. The molecule has 1 atom stereocenters. The minimum atomic E-state index is -3.56. The summed E-state index contributed by atoms with van der Waals surface area (Å²) in [5.74, 6) is 0.272. The number of sulfone groups is 1. The molecule has 0 radical (unpaired) electrons. The maximum Gasteiger partial charge on any atom is 0.188 e. The quantitative estimate of drug-likeness (QED) is 0.909. The van der Waals surface area contributed by atoms with Crippen molar-refractivity contribution < 1.29 is 18.3 Å². The number of fused-ring (bicyclic) bond motifs is 1. The van der Waals surface area contributed by atoms with Crippen molar-refractivity contribution in [2.75, 3.05) is 6.61 Å². The maximum atomic E-state index is 12.8. The first-order valence-electron chi connectivity index (χ1n) is 7.15. The number of aromatic nitrogens is 2. The van der Waals surface area contributed by atoms with Crippen molar-refractivity contribution in [1.29, 1.82) is 0 Å². The van der Waals surface area contributed by atoms with E-state index in [4.69, 9.17) is 4.74 Å². The number of imidazole rings is 1. The molecule has 0 aliphatic rings. The average Bonchev–Trinajstić information content (AvgIpc) is 2.83. The molecule has 0 aromatic carbocycles. The molecule has 0 aliphatic heterocycles. The van der Waals surface area contributed by atoms with Gasteiger partial charge in [-0.25, -0.2) is 13.4 Å². The van der Waals surface area contributed by atoms with Crippen LogP contribution in [-0.4, -0.2) is 40.4 Å². The molecule has 0 bridgehead atoms. The van der Waals surface area contributed by atoms with E-state index in [1.165, 1.54) is 6.20 Å². The first kappa shape index (κ1) is 16.8. The highest BCUT2D eigenvalue weighted by atomic mass is 32.2. The molecule has 0 saturated heterocycles. The molecular formula is C15H22N2O4S. The van der Waals surface area contributed by atoms with Crippen LogP contribution in [0.5, 0.6) is 5.75 Å². The topological polar surface area (TPSA) is 80.9 Å². The van der Waals surface area contributed by atoms with Crippen molar-refractivity contribution in [3.8, 4) is 5.75 Å². The van der Waals surface area contributed by atoms with E-state index in [0.29, 0.717) is 12.1 Å². The van der Waals surface area contributed by atoms with Gasteiger partial charge in [0.2, 0.25) is 0 Å². The molecule has 2 heterocycles. The Kier molecular flexibility index (Phi) is 4.49. The normalized spacial score (nSPS) is 14.2. The summed E-state index contributed by atoms with van der Waals surface area (Å²) in [6.07, 6.45) is 4.74. The molecule has 122 valence electrons. The zero-order valence-corrected chi connectivity index (χ0v) is 14.1. The van der Waals surface area contributed by atoms with Crippen molar-refractivity contribution in [2.45, 2.75) is 49.9 Å². The summed E-state index contributed by atoms with van der Waals surface area (Å²) >= 11 is 0. The van der Waals surface area contributed by atoms with Crippen molar-refractivity contribution in [1.82, 2.24) is 9.38 Å². The van der Waals surface area contributed by atoms with E-state index in [9.17, 15) is 13.5 Å². The summed E-state index contributed by atoms with van der Waals surface area (Å²) in [5, 5.41) is 9.31. The molecule has 0 saturated carbocycles. The second kappa shape index (κ2) is 5.89. The van der Waals surface area contributed by atoms with Crippen LogP contribution < -0.4 is 4.74 Å². The van der Waals surface area contributed by atoms with Gasteiger partial charge in [0.25, 0.3) is 0 Å². The Hall–Kier alpha value is -1.60. The zero-order chi connectivity index (χ0) is 16.5. The Bertz CT molecular complexity index is 757. The van der Waals surface area contributed by atoms with Crippen LogP contribution in [0.1, 0.15) is 34.1 Å². The smallest absolute Gasteiger partial charge is 0.188 e. The SMILES string of the molecule is C[C@H](O)CCOc1cc2nccn2cc1S(=O)(=O)C(C)(C)C. The van der Waals surface area contributed by atoms with Crippen LogP contribution in [0, 0.1) is 0 Å². The van der Waals surface area contributed by atoms with Gasteiger partial charge in [-0.3, -0.25) is 0 Å². The van der Waals surface area contributed by atoms with Gasteiger partial charge in [-0.15, -0.1) is 0 Å². The Balaban J connectivity index is 2.50. The number of aliphatic hydroxyl groups is 1. The molecule has 2 aromatic rings. The van der Waals surface area contributed by atoms with Crippen molar-refractivity contribution >= 4 is 15.5 Å². The van der Waals surface area contributed by atoms with Gasteiger partial charge in [-0.2, -0.15) is 0 Å². The molecular weight excluding hydrogens is 304 g/mol. The van der Waals surface area contributed by atoms with Crippen molar-refractivity contribution in [2.24, 2.45) is 0 Å². The molecule has 2 rings (SSSR count). The second-order valence-electron chi connectivity index (χ2n) is 6.30. The lowest BCUT2D eigenvalue weighted by atomic mass is 10.3. The fraction of sp³-hybridized carbons (Fsp3) is 0.533. The molecule has 0 unspecified atom stereocenters. The number of hydrogen-bond acceptors (Lipinski definition) is 5. The fourth-order valence-corrected chi connectivity index (χ4v) is 3.20. The molecule has 1 N–H and O–H groups in total. The Morgan fingerprint density at radius 2 is 2.09 bits per heavy atom. The standard InChI is InChI=1S/C15H22N2O4S/c1-11(18)5-8-21-12-9-14-16-6-7-17(14)10-13(12)22(19,20)15(2,3)4/h6-7,9-11,18H,5,8H2,1-4H3/t11-/m0/s1. The van der Waals surface area contributed by atoms with E-state index in [0.717, 1.165) is 0 Å². The predicted molar refractivity (Wildman–Crippen MR) is 83.9 cm³/mol. The number of ether oxygens (including phenoxy) is 1. The van der Waals surface area contributed by atoms with E-state index in [-0.39, 0.29) is 17.3 Å². The van der Waals surface area contributed by atoms with Crippen molar-refractivity contribution in [3.05, 3.63) is 24.7 Å². The third-order valence-corrected chi connectivity index (χ3v) is 5.84. The highest BCUT2D eigenvalue weighted by molar-refractivity contribution is 7.92. The van der Waals surface area contributed by atoms with Crippen molar-refractivity contribution in [3.63, 3.8) is 0 Å². The van der Waals surface area contributed by atoms with Gasteiger partial charge in [0, 0.05) is 31.1 Å². The number of aliphatic hydroxyl groups excluding tert-OH is 1. The Labute approximate surface area is 130 Å². The number of rotatable bonds is 5. The third-order valence-electron chi connectivity index (χ3n) is 3.35. The number of nitrogens with zero attached hydrogens (tertiary/aromatic N) is 2. The lowest BCUT2D eigenvalue weighted by Crippen LogP contribution is -2.28. The molecule has 6 nitrogen and oxygen atoms in total. The second-order valence-corrected chi connectivity index (χ2v) is 8.97. The minimum absolute atomic E-state index is 0.135. The zero-order valence-electron chi connectivity index (χ0n) is 13.3. The Morgan fingerprint density at radius 3 is 2.68 bits per heavy atom. The van der Waals surface area contributed by atoms with Crippen LogP contribution in [0.2, 0.25) is 0 Å². The molecule has 0 amide bonds. The lowest BCUT2D eigenvalue weighted by molar-refractivity contribution is 0.154. The monoisotopic (exact) mass is 326 g/mol. The summed E-state index contributed by atoms with van der Waals surface area (Å²) in [7, 11) is -3.56. The van der Waals surface area contributed by atoms with Crippen LogP contribution in [0.25, 0.3) is 5.65 Å². The van der Waals surface area contributed by atoms with Crippen LogP contribution in [-0.2, 0) is 9.84 Å². The van der Waals surface area contributed by atoms with E-state index in [1.54, 1.807) is 50.6 Å². The van der Waals surface area contributed by atoms with Gasteiger partial charge < -0.3 is 14.2 Å². The summed E-state index contributed by atoms with van der Waals surface area (Å²) in [6.45, 7) is 6.86. The number of pyridine rings is 1. The maximum absolute atomic E-state index is 12.8. The van der Waals surface area contributed by atoms with Gasteiger partial charge in [0.05, 0.1) is 17.5 Å². The summed E-state index contributed by atoms with van der Waals surface area (Å²) in [6, 6.07) is 1.61. The van der Waals surface area contributed by atoms with Crippen LogP contribution in [0.3, 0.4) is 0 Å². The lowest BCUT2D eigenvalue weighted by Gasteiger charge is -2.21. The largest absolute Gasteiger partial charge is 0.492 e. The van der Waals surface area contributed by atoms with Crippen LogP contribution >= 0.6 is 0 Å². The third kappa shape index (κ3) is 3.25. The van der Waals surface area contributed by atoms with Gasteiger partial charge >= 0.3 is 0 Å². The highest BCUT2D eigenvalue weighted by Gasteiger charge is 2.34. The summed E-state index contributed by atoms with van der Waals surface area (Å²) < 4.78 is 31.9. The average molecular weight is 326 g/mol. The Morgan fingerprint density at radius 1 is 1.41 bits per heavy atom. The van der Waals surface area contributed by atoms with E-state index < -0.39 is 20.7 Å². The number of hydrogen-bond donors (Lipinski definition) is 1. The first-order chi connectivity index (χ1) is 10.1. The van der Waals surface area contributed by atoms with Gasteiger partial charge in [0.15, 0.2) is 9.84 Å². The van der Waals surface area contributed by atoms with Crippen LogP contribution in [0.15, 0.2) is 29.6 Å². The van der Waals surface area contributed by atoms with E-state index in [2.05, 4.69) is 4.98 Å².